The molecule has 0 bridgehead atoms. The minimum atomic E-state index is -0.678. The quantitative estimate of drug-likeness (QED) is 0.334. The van der Waals surface area contributed by atoms with Crippen molar-refractivity contribution < 1.29 is 9.53 Å². The maximum Gasteiger partial charge on any atom is 0.258 e. The monoisotopic (exact) mass is 462 g/mol. The number of hydrogen-bond donors (Lipinski definition) is 1. The van der Waals surface area contributed by atoms with E-state index in [4.69, 9.17) is 4.74 Å². The lowest BCUT2D eigenvalue weighted by Crippen LogP contribution is -2.56. The number of amides is 1. The van der Waals surface area contributed by atoms with Crippen LogP contribution in [0.3, 0.4) is 0 Å². The van der Waals surface area contributed by atoms with E-state index in [9.17, 15) is 4.79 Å². The third-order valence-electron chi connectivity index (χ3n) is 6.71. The molecule has 0 spiro atoms. The lowest BCUT2D eigenvalue weighted by Gasteiger charge is -2.47. The Balaban J connectivity index is 1.36. The van der Waals surface area contributed by atoms with Gasteiger partial charge in [0.1, 0.15) is 11.4 Å². The highest BCUT2D eigenvalue weighted by Gasteiger charge is 2.42. The molecule has 0 aliphatic carbocycles. The van der Waals surface area contributed by atoms with Crippen LogP contribution in [0.15, 0.2) is 109 Å². The summed E-state index contributed by atoms with van der Waals surface area (Å²) in [6.07, 6.45) is 1.65. The molecule has 0 fully saturated rings. The fourth-order valence-electron chi connectivity index (χ4n) is 4.70. The van der Waals surface area contributed by atoms with Crippen molar-refractivity contribution in [2.75, 3.05) is 18.5 Å². The molecular weight excluding hydrogens is 432 g/mol. The minimum absolute atomic E-state index is 0.0426. The molecule has 4 aromatic carbocycles. The van der Waals surface area contributed by atoms with Crippen LogP contribution in [0.5, 0.6) is 5.75 Å². The van der Waals surface area contributed by atoms with E-state index >= 15 is 0 Å². The second-order valence-electron chi connectivity index (χ2n) is 9.04. The predicted octanol–water partition coefficient (Wildman–Crippen LogP) is 6.29. The lowest BCUT2D eigenvalue weighted by atomic mass is 9.93. The average Bonchev–Trinajstić information content (AvgIpc) is 2.90. The van der Waals surface area contributed by atoms with Crippen LogP contribution in [0, 0.1) is 0 Å². The number of benzene rings is 4. The van der Waals surface area contributed by atoms with Crippen LogP contribution in [-0.4, -0.2) is 24.0 Å². The normalized spacial score (nSPS) is 16.9. The van der Waals surface area contributed by atoms with E-state index in [1.54, 1.807) is 0 Å². The van der Waals surface area contributed by atoms with Crippen LogP contribution in [0.2, 0.25) is 0 Å². The molecule has 4 aromatic rings. The zero-order valence-electron chi connectivity index (χ0n) is 20.0. The Morgan fingerprint density at radius 1 is 0.743 bits per heavy atom. The van der Waals surface area contributed by atoms with Crippen LogP contribution in [0.4, 0.5) is 5.69 Å². The van der Waals surface area contributed by atoms with E-state index in [2.05, 4.69) is 48.6 Å². The second-order valence-corrected chi connectivity index (χ2v) is 9.04. The Hall–Kier alpha value is -4.05. The average molecular weight is 463 g/mol. The number of ether oxygens (including phenoxy) is 1. The first-order valence-corrected chi connectivity index (χ1v) is 12.1. The lowest BCUT2D eigenvalue weighted by molar-refractivity contribution is 0.0539. The highest BCUT2D eigenvalue weighted by molar-refractivity contribution is 6.02. The van der Waals surface area contributed by atoms with Gasteiger partial charge in [-0.2, -0.15) is 0 Å². The van der Waals surface area contributed by atoms with Crippen molar-refractivity contribution >= 4 is 11.6 Å². The summed E-state index contributed by atoms with van der Waals surface area (Å²) in [7, 11) is 0. The second kappa shape index (κ2) is 10.1. The molecule has 1 aliphatic heterocycles. The van der Waals surface area contributed by atoms with Gasteiger partial charge >= 0.3 is 0 Å². The largest absolute Gasteiger partial charge is 0.493 e. The van der Waals surface area contributed by atoms with E-state index in [0.717, 1.165) is 29.8 Å². The Labute approximate surface area is 207 Å². The van der Waals surface area contributed by atoms with Crippen molar-refractivity contribution in [3.63, 3.8) is 0 Å². The topological polar surface area (TPSA) is 41.6 Å². The summed E-state index contributed by atoms with van der Waals surface area (Å²) >= 11 is 0. The Morgan fingerprint density at radius 2 is 1.34 bits per heavy atom. The molecule has 4 heteroatoms. The van der Waals surface area contributed by atoms with Crippen molar-refractivity contribution in [3.05, 3.63) is 131 Å². The number of carbonyl (C=O) groups is 1. The van der Waals surface area contributed by atoms with Crippen LogP contribution >= 0.6 is 0 Å². The minimum Gasteiger partial charge on any atom is -0.493 e. The number of nitrogens with zero attached hydrogens (tertiary/aromatic N) is 1. The number of hydrogen-bond acceptors (Lipinski definition) is 3. The number of rotatable bonds is 8. The van der Waals surface area contributed by atoms with Gasteiger partial charge in [0.2, 0.25) is 0 Å². The molecule has 1 atom stereocenters. The molecule has 1 heterocycles. The molecule has 1 aliphatic rings. The molecule has 35 heavy (non-hydrogen) atoms. The summed E-state index contributed by atoms with van der Waals surface area (Å²) in [6.45, 7) is 3.31. The molecule has 1 N–H and O–H groups in total. The standard InChI is InChI=1S/C31H30N2O2/c1-31(26-16-18-27(19-17-26)35-23-21-25-12-6-3-7-13-25)32-29-15-9-8-14-28(29)30(34)33(31)22-20-24-10-4-2-5-11-24/h2-19,32H,20-23H2,1H3. The molecule has 0 radical (unpaired) electrons. The summed E-state index contributed by atoms with van der Waals surface area (Å²) in [5, 5.41) is 3.65. The summed E-state index contributed by atoms with van der Waals surface area (Å²) in [4.78, 5) is 15.6. The van der Waals surface area contributed by atoms with Crippen LogP contribution in [-0.2, 0) is 18.5 Å². The molecule has 1 amide bonds. The summed E-state index contributed by atoms with van der Waals surface area (Å²) in [5.74, 6) is 0.868. The van der Waals surface area contributed by atoms with Gasteiger partial charge in [-0.3, -0.25) is 4.79 Å². The van der Waals surface area contributed by atoms with E-state index in [-0.39, 0.29) is 5.91 Å². The molecule has 0 aromatic heterocycles. The zero-order valence-corrected chi connectivity index (χ0v) is 20.0. The Bertz CT molecular complexity index is 1270. The molecule has 0 saturated carbocycles. The molecule has 4 nitrogen and oxygen atoms in total. The van der Waals surface area contributed by atoms with Gasteiger partial charge in [0.15, 0.2) is 0 Å². The summed E-state index contributed by atoms with van der Waals surface area (Å²) in [6, 6.07) is 36.5. The first-order chi connectivity index (χ1) is 17.1. The van der Waals surface area contributed by atoms with Crippen molar-refractivity contribution in [1.82, 2.24) is 4.90 Å². The van der Waals surface area contributed by atoms with E-state index < -0.39 is 5.66 Å². The number of carbonyl (C=O) groups excluding carboxylic acids is 1. The fourth-order valence-corrected chi connectivity index (χ4v) is 4.70. The van der Waals surface area contributed by atoms with Crippen molar-refractivity contribution in [2.45, 2.75) is 25.4 Å². The molecular formula is C31H30N2O2. The summed E-state index contributed by atoms with van der Waals surface area (Å²) < 4.78 is 5.99. The van der Waals surface area contributed by atoms with Crippen molar-refractivity contribution in [1.29, 1.82) is 0 Å². The number of para-hydroxylation sites is 1. The highest BCUT2D eigenvalue weighted by atomic mass is 16.5. The first-order valence-electron chi connectivity index (χ1n) is 12.1. The molecule has 5 rings (SSSR count). The smallest absolute Gasteiger partial charge is 0.258 e. The van der Waals surface area contributed by atoms with Crippen LogP contribution in [0.25, 0.3) is 0 Å². The number of nitrogens with one attached hydrogen (secondary N) is 1. The predicted molar refractivity (Wildman–Crippen MR) is 141 cm³/mol. The third kappa shape index (κ3) is 4.92. The van der Waals surface area contributed by atoms with Gasteiger partial charge in [-0.25, -0.2) is 0 Å². The van der Waals surface area contributed by atoms with Gasteiger partial charge in [0.25, 0.3) is 5.91 Å². The van der Waals surface area contributed by atoms with Crippen LogP contribution in [0.1, 0.15) is 34.0 Å². The summed E-state index contributed by atoms with van der Waals surface area (Å²) in [5.41, 5.74) is 4.38. The van der Waals surface area contributed by atoms with Gasteiger partial charge in [-0.05, 0) is 54.3 Å². The maximum absolute atomic E-state index is 13.6. The highest BCUT2D eigenvalue weighted by Crippen LogP contribution is 2.38. The number of fused-ring (bicyclic) bond motifs is 1. The fraction of sp³-hybridized carbons (Fsp3) is 0.194. The van der Waals surface area contributed by atoms with Gasteiger partial charge < -0.3 is 15.0 Å². The van der Waals surface area contributed by atoms with Gasteiger partial charge in [0, 0.05) is 18.7 Å². The van der Waals surface area contributed by atoms with Crippen molar-refractivity contribution in [3.8, 4) is 5.75 Å². The molecule has 176 valence electrons. The molecule has 0 saturated heterocycles. The van der Waals surface area contributed by atoms with E-state index in [1.165, 1.54) is 11.1 Å². The SMILES string of the molecule is CC1(c2ccc(OCCc3ccccc3)cc2)Nc2ccccc2C(=O)N1CCc1ccccc1. The third-order valence-corrected chi connectivity index (χ3v) is 6.71. The first kappa shape index (κ1) is 22.7. The Kier molecular flexibility index (Phi) is 6.53. The van der Waals surface area contributed by atoms with Gasteiger partial charge in [-0.15, -0.1) is 0 Å². The Morgan fingerprint density at radius 3 is 2.03 bits per heavy atom. The maximum atomic E-state index is 13.6. The van der Waals surface area contributed by atoms with Gasteiger partial charge in [0.05, 0.1) is 12.2 Å². The van der Waals surface area contributed by atoms with Crippen molar-refractivity contribution in [2.24, 2.45) is 0 Å². The van der Waals surface area contributed by atoms with E-state index in [1.807, 2.05) is 77.7 Å². The van der Waals surface area contributed by atoms with E-state index in [0.29, 0.717) is 18.7 Å². The van der Waals surface area contributed by atoms with Gasteiger partial charge in [-0.1, -0.05) is 84.9 Å². The van der Waals surface area contributed by atoms with Crippen LogP contribution < -0.4 is 10.1 Å². The molecule has 1 unspecified atom stereocenters. The zero-order chi connectivity index (χ0) is 24.1. The number of anilines is 1.